The van der Waals surface area contributed by atoms with Crippen molar-refractivity contribution < 1.29 is 4.79 Å². The summed E-state index contributed by atoms with van der Waals surface area (Å²) >= 11 is 1.31. The number of hydrogen-bond donors (Lipinski definition) is 1. The second-order valence-electron chi connectivity index (χ2n) is 5.76. The summed E-state index contributed by atoms with van der Waals surface area (Å²) in [6, 6.07) is 16.3. The number of aromatic nitrogens is 3. The second kappa shape index (κ2) is 6.29. The van der Waals surface area contributed by atoms with E-state index in [4.69, 9.17) is 4.98 Å². The van der Waals surface area contributed by atoms with Gasteiger partial charge in [-0.3, -0.25) is 4.79 Å². The number of fused-ring (bicyclic) bond motifs is 6. The molecule has 1 aromatic heterocycles. The van der Waals surface area contributed by atoms with Gasteiger partial charge < -0.3 is 5.32 Å². The molecule has 0 saturated heterocycles. The van der Waals surface area contributed by atoms with Crippen LogP contribution < -0.4 is 5.32 Å². The van der Waals surface area contributed by atoms with Crippen LogP contribution >= 0.6 is 11.8 Å². The van der Waals surface area contributed by atoms with E-state index in [9.17, 15) is 4.79 Å². The van der Waals surface area contributed by atoms with Crippen LogP contribution in [0, 0.1) is 0 Å². The van der Waals surface area contributed by atoms with Crippen molar-refractivity contribution in [3.8, 4) is 0 Å². The molecule has 25 heavy (non-hydrogen) atoms. The number of hydrogen-bond acceptors (Lipinski definition) is 5. The van der Waals surface area contributed by atoms with Gasteiger partial charge in [0.05, 0.1) is 5.25 Å². The Kier molecular flexibility index (Phi) is 3.97. The van der Waals surface area contributed by atoms with Gasteiger partial charge in [-0.2, -0.15) is 0 Å². The zero-order valence-corrected chi connectivity index (χ0v) is 14.7. The van der Waals surface area contributed by atoms with E-state index >= 15 is 0 Å². The molecule has 1 N–H and O–H groups in total. The van der Waals surface area contributed by atoms with Crippen molar-refractivity contribution in [1.29, 1.82) is 0 Å². The van der Waals surface area contributed by atoms with Gasteiger partial charge in [0.1, 0.15) is 11.0 Å². The van der Waals surface area contributed by atoms with E-state index in [1.165, 1.54) is 11.8 Å². The monoisotopic (exact) mass is 348 g/mol. The van der Waals surface area contributed by atoms with Crippen molar-refractivity contribution in [2.75, 3.05) is 7.05 Å². The highest BCUT2D eigenvalue weighted by atomic mass is 32.2. The van der Waals surface area contributed by atoms with Gasteiger partial charge in [0.15, 0.2) is 0 Å². The number of nitrogens with zero attached hydrogens (tertiary/aromatic N) is 3. The Labute approximate surface area is 148 Å². The first-order valence-electron chi connectivity index (χ1n) is 8.01. The molecule has 6 heteroatoms. The second-order valence-corrected chi connectivity index (χ2v) is 7.07. The third-order valence-electron chi connectivity index (χ3n) is 4.22. The molecular weight excluding hydrogens is 332 g/mol. The summed E-state index contributed by atoms with van der Waals surface area (Å²) in [5.74, 6) is -0.0583. The average Bonchev–Trinajstić information content (AvgIpc) is 2.67. The number of thioether (sulfide) groups is 1. The molecule has 0 bridgehead atoms. The van der Waals surface area contributed by atoms with Crippen molar-refractivity contribution in [2.45, 2.75) is 17.3 Å². The largest absolute Gasteiger partial charge is 0.358 e. The van der Waals surface area contributed by atoms with Crippen LogP contribution in [0.3, 0.4) is 0 Å². The molecule has 0 saturated carbocycles. The van der Waals surface area contributed by atoms with Crippen molar-refractivity contribution in [3.63, 3.8) is 0 Å². The molecule has 0 aliphatic rings. The Balaban J connectivity index is 1.97. The Hall–Kier alpha value is -2.73. The van der Waals surface area contributed by atoms with Crippen LogP contribution in [0.1, 0.15) is 6.92 Å². The van der Waals surface area contributed by atoms with E-state index < -0.39 is 0 Å². The Morgan fingerprint density at radius 1 is 0.920 bits per heavy atom. The van der Waals surface area contributed by atoms with E-state index in [1.807, 2.05) is 37.3 Å². The molecule has 3 aromatic carbocycles. The Morgan fingerprint density at radius 3 is 2.08 bits per heavy atom. The van der Waals surface area contributed by atoms with Crippen molar-refractivity contribution in [2.24, 2.45) is 0 Å². The highest BCUT2D eigenvalue weighted by Crippen LogP contribution is 2.33. The summed E-state index contributed by atoms with van der Waals surface area (Å²) < 4.78 is 0. The molecule has 0 aliphatic heterocycles. The lowest BCUT2D eigenvalue weighted by Crippen LogP contribution is -2.27. The fourth-order valence-corrected chi connectivity index (χ4v) is 3.77. The fourth-order valence-electron chi connectivity index (χ4n) is 2.99. The third-order valence-corrected chi connectivity index (χ3v) is 5.17. The number of carbonyl (C=O) groups is 1. The quantitative estimate of drug-likeness (QED) is 0.453. The van der Waals surface area contributed by atoms with Crippen LogP contribution in [0.4, 0.5) is 0 Å². The predicted octanol–water partition coefficient (Wildman–Crippen LogP) is 3.56. The van der Waals surface area contributed by atoms with Crippen molar-refractivity contribution in [1.82, 2.24) is 20.5 Å². The third kappa shape index (κ3) is 2.68. The lowest BCUT2D eigenvalue weighted by Gasteiger charge is -2.11. The van der Waals surface area contributed by atoms with Crippen molar-refractivity contribution >= 4 is 50.2 Å². The first kappa shape index (κ1) is 15.8. The smallest absolute Gasteiger partial charge is 0.233 e. The van der Waals surface area contributed by atoms with Crippen LogP contribution in [-0.4, -0.2) is 33.4 Å². The normalized spacial score (nSPS) is 12.6. The number of nitrogens with one attached hydrogen (secondary N) is 1. The minimum atomic E-state index is -0.282. The van der Waals surface area contributed by atoms with Gasteiger partial charge in [-0.1, -0.05) is 60.3 Å². The summed E-state index contributed by atoms with van der Waals surface area (Å²) in [6.45, 7) is 1.83. The summed E-state index contributed by atoms with van der Waals surface area (Å²) in [5, 5.41) is 15.9. The summed E-state index contributed by atoms with van der Waals surface area (Å²) in [6.07, 6.45) is 0. The van der Waals surface area contributed by atoms with E-state index in [-0.39, 0.29) is 11.2 Å². The zero-order chi connectivity index (χ0) is 17.4. The van der Waals surface area contributed by atoms with Gasteiger partial charge in [-0.05, 0) is 17.7 Å². The van der Waals surface area contributed by atoms with Crippen LogP contribution in [0.15, 0.2) is 53.7 Å². The first-order valence-corrected chi connectivity index (χ1v) is 8.89. The SMILES string of the molecule is CNC(=O)C(C)Sc1nnc2c3ccccc3c3ccccc3c2n1. The lowest BCUT2D eigenvalue weighted by molar-refractivity contribution is -0.119. The van der Waals surface area contributed by atoms with Gasteiger partial charge in [0.2, 0.25) is 11.1 Å². The number of benzene rings is 3. The van der Waals surface area contributed by atoms with E-state index in [0.29, 0.717) is 5.16 Å². The van der Waals surface area contributed by atoms with Gasteiger partial charge in [-0.15, -0.1) is 10.2 Å². The highest BCUT2D eigenvalue weighted by Gasteiger charge is 2.17. The summed E-state index contributed by atoms with van der Waals surface area (Å²) in [5.41, 5.74) is 1.60. The molecule has 4 rings (SSSR count). The van der Waals surface area contributed by atoms with Gasteiger partial charge in [0.25, 0.3) is 0 Å². The summed E-state index contributed by atoms with van der Waals surface area (Å²) in [4.78, 5) is 16.5. The number of carbonyl (C=O) groups excluding carboxylic acids is 1. The summed E-state index contributed by atoms with van der Waals surface area (Å²) in [7, 11) is 1.62. The van der Waals surface area contributed by atoms with Crippen LogP contribution in [0.25, 0.3) is 32.6 Å². The molecule has 5 nitrogen and oxygen atoms in total. The zero-order valence-electron chi connectivity index (χ0n) is 13.9. The maximum absolute atomic E-state index is 11.8. The molecule has 0 radical (unpaired) electrons. The topological polar surface area (TPSA) is 67.8 Å². The van der Waals surface area contributed by atoms with Crippen LogP contribution in [0.5, 0.6) is 0 Å². The van der Waals surface area contributed by atoms with Gasteiger partial charge >= 0.3 is 0 Å². The van der Waals surface area contributed by atoms with Crippen molar-refractivity contribution in [3.05, 3.63) is 48.5 Å². The molecule has 1 unspecified atom stereocenters. The standard InChI is InChI=1S/C19H16N4OS/c1-11(18(24)20-2)25-19-21-16-14-9-5-3-7-12(14)13-8-4-6-10-15(13)17(16)22-23-19/h3-11H,1-2H3,(H,20,24). The lowest BCUT2D eigenvalue weighted by atomic mass is 10.00. The maximum atomic E-state index is 11.8. The predicted molar refractivity (Wildman–Crippen MR) is 102 cm³/mol. The number of amides is 1. The minimum Gasteiger partial charge on any atom is -0.358 e. The van der Waals surface area contributed by atoms with Gasteiger partial charge in [0, 0.05) is 17.8 Å². The molecule has 0 fully saturated rings. The Bertz CT molecular complexity index is 1080. The molecule has 4 aromatic rings. The van der Waals surface area contributed by atoms with E-state index in [2.05, 4.69) is 33.7 Å². The molecule has 0 aliphatic carbocycles. The maximum Gasteiger partial charge on any atom is 0.233 e. The Morgan fingerprint density at radius 2 is 1.48 bits per heavy atom. The van der Waals surface area contributed by atoms with Crippen LogP contribution in [-0.2, 0) is 4.79 Å². The molecule has 1 amide bonds. The molecule has 124 valence electrons. The molecular formula is C19H16N4OS. The van der Waals surface area contributed by atoms with Gasteiger partial charge in [-0.25, -0.2) is 4.98 Å². The fraction of sp³-hybridized carbons (Fsp3) is 0.158. The van der Waals surface area contributed by atoms with E-state index in [0.717, 1.165) is 32.6 Å². The molecule has 1 atom stereocenters. The molecule has 1 heterocycles. The first-order chi connectivity index (χ1) is 12.2. The minimum absolute atomic E-state index is 0.0583. The average molecular weight is 348 g/mol. The number of rotatable bonds is 3. The van der Waals surface area contributed by atoms with E-state index in [1.54, 1.807) is 7.05 Å². The van der Waals surface area contributed by atoms with Crippen LogP contribution in [0.2, 0.25) is 0 Å². The highest BCUT2D eigenvalue weighted by molar-refractivity contribution is 8.00. The molecule has 0 spiro atoms.